The SMILES string of the molecule is CCOc1ccc(C2/C(=C(\O)c3cc(C(C)(C)C)ccc3C)C(=O)C(=O)N2Cc2ccco2)cc1. The third kappa shape index (κ3) is 4.74. The molecule has 1 unspecified atom stereocenters. The van der Waals surface area contributed by atoms with Gasteiger partial charge >= 0.3 is 0 Å². The summed E-state index contributed by atoms with van der Waals surface area (Å²) < 4.78 is 11.0. The van der Waals surface area contributed by atoms with E-state index in [9.17, 15) is 14.7 Å². The monoisotopic (exact) mass is 473 g/mol. The summed E-state index contributed by atoms with van der Waals surface area (Å²) in [6.07, 6.45) is 1.53. The van der Waals surface area contributed by atoms with Crippen molar-refractivity contribution in [3.63, 3.8) is 0 Å². The van der Waals surface area contributed by atoms with Crippen LogP contribution in [0.2, 0.25) is 0 Å². The molecule has 0 spiro atoms. The molecule has 1 atom stereocenters. The number of Topliss-reactive ketones (excluding diaryl/α,β-unsaturated/α-hetero) is 1. The zero-order chi connectivity index (χ0) is 25.3. The number of rotatable bonds is 6. The minimum atomic E-state index is -0.770. The zero-order valence-electron chi connectivity index (χ0n) is 20.8. The average molecular weight is 474 g/mol. The fraction of sp³-hybridized carbons (Fsp3) is 0.310. The number of hydrogen-bond donors (Lipinski definition) is 1. The molecule has 3 aromatic rings. The van der Waals surface area contributed by atoms with Gasteiger partial charge in [-0.25, -0.2) is 0 Å². The van der Waals surface area contributed by atoms with Gasteiger partial charge in [-0.3, -0.25) is 9.59 Å². The van der Waals surface area contributed by atoms with Crippen LogP contribution in [0.15, 0.2) is 70.9 Å². The highest BCUT2D eigenvalue weighted by molar-refractivity contribution is 6.46. The molecule has 2 aromatic carbocycles. The minimum Gasteiger partial charge on any atom is -0.507 e. The van der Waals surface area contributed by atoms with Crippen molar-refractivity contribution in [3.05, 3.63) is 94.4 Å². The Hall–Kier alpha value is -3.80. The molecule has 182 valence electrons. The van der Waals surface area contributed by atoms with Crippen molar-refractivity contribution in [1.82, 2.24) is 4.90 Å². The Labute approximate surface area is 205 Å². The molecule has 1 N–H and O–H groups in total. The molecule has 1 saturated heterocycles. The molecule has 6 nitrogen and oxygen atoms in total. The number of ether oxygens (including phenoxy) is 1. The molecule has 1 aliphatic rings. The summed E-state index contributed by atoms with van der Waals surface area (Å²) in [6.45, 7) is 10.7. The van der Waals surface area contributed by atoms with E-state index in [4.69, 9.17) is 9.15 Å². The number of furan rings is 1. The molecule has 6 heteroatoms. The lowest BCUT2D eigenvalue weighted by Crippen LogP contribution is -2.29. The molecule has 0 radical (unpaired) electrons. The first-order valence-corrected chi connectivity index (χ1v) is 11.8. The molecule has 0 bridgehead atoms. The normalized spacial score (nSPS) is 17.7. The van der Waals surface area contributed by atoms with Gasteiger partial charge in [0.05, 0.1) is 31.0 Å². The molecule has 4 rings (SSSR count). The standard InChI is InChI=1S/C29H31NO5/c1-6-34-21-13-10-19(11-14-21)25-24(27(32)28(33)30(25)17-22-8-7-15-35-22)26(31)23-16-20(29(3,4)5)12-9-18(23)2/h7-16,25,31H,6,17H2,1-5H3/b26-24+. The first-order valence-electron chi connectivity index (χ1n) is 11.8. The van der Waals surface area contributed by atoms with Crippen molar-refractivity contribution < 1.29 is 23.8 Å². The summed E-state index contributed by atoms with van der Waals surface area (Å²) in [5.74, 6) is -0.325. The van der Waals surface area contributed by atoms with E-state index in [0.717, 1.165) is 11.1 Å². The number of ketones is 1. The number of likely N-dealkylation sites (tertiary alicyclic amines) is 1. The van der Waals surface area contributed by atoms with Gasteiger partial charge < -0.3 is 19.2 Å². The van der Waals surface area contributed by atoms with E-state index in [1.807, 2.05) is 44.2 Å². The van der Waals surface area contributed by atoms with Gasteiger partial charge in [-0.2, -0.15) is 0 Å². The van der Waals surface area contributed by atoms with Crippen LogP contribution in [0.25, 0.3) is 5.76 Å². The Kier molecular flexibility index (Phi) is 6.57. The molecule has 35 heavy (non-hydrogen) atoms. The van der Waals surface area contributed by atoms with Crippen molar-refractivity contribution in [3.8, 4) is 5.75 Å². The predicted molar refractivity (Wildman–Crippen MR) is 134 cm³/mol. The van der Waals surface area contributed by atoms with Crippen LogP contribution in [0.1, 0.15) is 61.8 Å². The summed E-state index contributed by atoms with van der Waals surface area (Å²) >= 11 is 0. The molecular formula is C29H31NO5. The summed E-state index contributed by atoms with van der Waals surface area (Å²) in [7, 11) is 0. The first kappa shape index (κ1) is 24.3. The zero-order valence-corrected chi connectivity index (χ0v) is 20.8. The van der Waals surface area contributed by atoms with Crippen molar-refractivity contribution in [2.24, 2.45) is 0 Å². The topological polar surface area (TPSA) is 80.0 Å². The Bertz CT molecular complexity index is 1260. The van der Waals surface area contributed by atoms with Gasteiger partial charge in [-0.05, 0) is 66.3 Å². The maximum absolute atomic E-state index is 13.3. The molecule has 1 aliphatic heterocycles. The maximum Gasteiger partial charge on any atom is 0.296 e. The van der Waals surface area contributed by atoms with Gasteiger partial charge in [-0.1, -0.05) is 45.0 Å². The lowest BCUT2D eigenvalue weighted by atomic mass is 9.84. The third-order valence-electron chi connectivity index (χ3n) is 6.31. The van der Waals surface area contributed by atoms with Crippen LogP contribution in [0.5, 0.6) is 5.75 Å². The second kappa shape index (κ2) is 9.45. The number of amides is 1. The number of aliphatic hydroxyl groups is 1. The highest BCUT2D eigenvalue weighted by Crippen LogP contribution is 2.41. The smallest absolute Gasteiger partial charge is 0.296 e. The summed E-state index contributed by atoms with van der Waals surface area (Å²) in [5.41, 5.74) is 3.00. The van der Waals surface area contributed by atoms with Gasteiger partial charge in [0.1, 0.15) is 17.3 Å². The summed E-state index contributed by atoms with van der Waals surface area (Å²) in [4.78, 5) is 28.0. The van der Waals surface area contributed by atoms with Gasteiger partial charge in [0.15, 0.2) is 0 Å². The highest BCUT2D eigenvalue weighted by atomic mass is 16.5. The number of hydrogen-bond acceptors (Lipinski definition) is 5. The van der Waals surface area contributed by atoms with Gasteiger partial charge in [0.2, 0.25) is 0 Å². The Balaban J connectivity index is 1.88. The second-order valence-electron chi connectivity index (χ2n) is 9.79. The fourth-order valence-electron chi connectivity index (χ4n) is 4.36. The number of carbonyl (C=O) groups excluding carboxylic acids is 2. The van der Waals surface area contributed by atoms with Gasteiger partial charge in [0.25, 0.3) is 11.7 Å². The number of aliphatic hydroxyl groups excluding tert-OH is 1. The summed E-state index contributed by atoms with van der Waals surface area (Å²) in [5, 5.41) is 11.5. The molecule has 1 aromatic heterocycles. The molecule has 1 amide bonds. The lowest BCUT2D eigenvalue weighted by Gasteiger charge is -2.25. The van der Waals surface area contributed by atoms with E-state index in [1.54, 1.807) is 24.3 Å². The summed E-state index contributed by atoms with van der Waals surface area (Å²) in [6, 6.07) is 15.8. The van der Waals surface area contributed by atoms with E-state index < -0.39 is 17.7 Å². The van der Waals surface area contributed by atoms with Crippen LogP contribution in [0.3, 0.4) is 0 Å². The Morgan fingerprint density at radius 3 is 2.40 bits per heavy atom. The third-order valence-corrected chi connectivity index (χ3v) is 6.31. The van der Waals surface area contributed by atoms with E-state index in [-0.39, 0.29) is 23.3 Å². The van der Waals surface area contributed by atoms with Crippen LogP contribution in [-0.2, 0) is 21.5 Å². The first-order chi connectivity index (χ1) is 16.6. The van der Waals surface area contributed by atoms with Crippen LogP contribution < -0.4 is 4.74 Å². The van der Waals surface area contributed by atoms with E-state index in [0.29, 0.717) is 29.2 Å². The lowest BCUT2D eigenvalue weighted by molar-refractivity contribution is -0.140. The van der Waals surface area contributed by atoms with Crippen molar-refractivity contribution in [1.29, 1.82) is 0 Å². The Morgan fingerprint density at radius 2 is 1.80 bits per heavy atom. The predicted octanol–water partition coefficient (Wildman–Crippen LogP) is 5.91. The number of benzene rings is 2. The minimum absolute atomic E-state index is 0.0693. The van der Waals surface area contributed by atoms with Crippen molar-refractivity contribution in [2.75, 3.05) is 6.61 Å². The number of carbonyl (C=O) groups is 2. The average Bonchev–Trinajstić information content (AvgIpc) is 3.41. The molecular weight excluding hydrogens is 442 g/mol. The fourth-order valence-corrected chi connectivity index (χ4v) is 4.36. The van der Waals surface area contributed by atoms with Gasteiger partial charge in [0, 0.05) is 5.56 Å². The molecule has 0 saturated carbocycles. The number of nitrogens with zero attached hydrogens (tertiary/aromatic N) is 1. The maximum atomic E-state index is 13.3. The second-order valence-corrected chi connectivity index (χ2v) is 9.79. The van der Waals surface area contributed by atoms with Crippen LogP contribution >= 0.6 is 0 Å². The van der Waals surface area contributed by atoms with E-state index in [2.05, 4.69) is 20.8 Å². The van der Waals surface area contributed by atoms with Crippen molar-refractivity contribution in [2.45, 2.75) is 52.6 Å². The number of aryl methyl sites for hydroxylation is 1. The van der Waals surface area contributed by atoms with Gasteiger partial charge in [-0.15, -0.1) is 0 Å². The van der Waals surface area contributed by atoms with E-state index >= 15 is 0 Å². The largest absolute Gasteiger partial charge is 0.507 e. The quantitative estimate of drug-likeness (QED) is 0.274. The van der Waals surface area contributed by atoms with Crippen LogP contribution in [0.4, 0.5) is 0 Å². The molecule has 1 fully saturated rings. The van der Waals surface area contributed by atoms with E-state index in [1.165, 1.54) is 11.2 Å². The van der Waals surface area contributed by atoms with Crippen molar-refractivity contribution >= 4 is 17.4 Å². The van der Waals surface area contributed by atoms with Crippen LogP contribution in [0, 0.1) is 6.92 Å². The van der Waals surface area contributed by atoms with Crippen LogP contribution in [-0.4, -0.2) is 28.3 Å². The highest BCUT2D eigenvalue weighted by Gasteiger charge is 2.46. The molecule has 2 heterocycles. The Morgan fingerprint density at radius 1 is 1.09 bits per heavy atom. The molecule has 0 aliphatic carbocycles.